The van der Waals surface area contributed by atoms with Gasteiger partial charge in [-0.25, -0.2) is 0 Å². The molecular weight excluding hydrogens is 292 g/mol. The number of amides is 1. The highest BCUT2D eigenvalue weighted by Crippen LogP contribution is 2.30. The average Bonchev–Trinajstić information content (AvgIpc) is 3.25. The predicted octanol–water partition coefficient (Wildman–Crippen LogP) is 2.61. The monoisotopic (exact) mass is 320 g/mol. The standard InChI is InChI=1S/C17H28N4O2/c1-17(2,21-10-6-7-11-21)16(22)18-12-14-19-15(20-23-14)13-8-4-3-5-9-13/h13H,3-12H2,1-2H3,(H,18,22). The fraction of sp³-hybridized carbons (Fsp3) is 0.824. The van der Waals surface area contributed by atoms with Gasteiger partial charge in [0.15, 0.2) is 5.82 Å². The summed E-state index contributed by atoms with van der Waals surface area (Å²) in [6, 6.07) is 0. The van der Waals surface area contributed by atoms with E-state index in [0.29, 0.717) is 18.4 Å². The van der Waals surface area contributed by atoms with Crippen molar-refractivity contribution < 1.29 is 9.32 Å². The molecule has 1 saturated carbocycles. The predicted molar refractivity (Wildman–Crippen MR) is 86.9 cm³/mol. The summed E-state index contributed by atoms with van der Waals surface area (Å²) in [7, 11) is 0. The number of carbonyl (C=O) groups is 1. The van der Waals surface area contributed by atoms with Crippen molar-refractivity contribution in [3.8, 4) is 0 Å². The Labute approximate surface area is 138 Å². The summed E-state index contributed by atoms with van der Waals surface area (Å²) in [5.74, 6) is 1.78. The largest absolute Gasteiger partial charge is 0.345 e. The second-order valence-electron chi connectivity index (χ2n) is 7.32. The van der Waals surface area contributed by atoms with Crippen LogP contribution in [0, 0.1) is 0 Å². The molecule has 1 aliphatic heterocycles. The van der Waals surface area contributed by atoms with Gasteiger partial charge in [-0.1, -0.05) is 24.4 Å². The van der Waals surface area contributed by atoms with Gasteiger partial charge in [-0.2, -0.15) is 4.98 Å². The van der Waals surface area contributed by atoms with E-state index < -0.39 is 5.54 Å². The van der Waals surface area contributed by atoms with Gasteiger partial charge in [0.1, 0.15) is 0 Å². The molecule has 1 aliphatic carbocycles. The molecule has 2 aliphatic rings. The van der Waals surface area contributed by atoms with Crippen molar-refractivity contribution in [1.82, 2.24) is 20.4 Å². The second-order valence-corrected chi connectivity index (χ2v) is 7.32. The lowest BCUT2D eigenvalue weighted by atomic mass is 9.89. The summed E-state index contributed by atoms with van der Waals surface area (Å²) in [4.78, 5) is 19.2. The van der Waals surface area contributed by atoms with Gasteiger partial charge in [0.05, 0.1) is 12.1 Å². The van der Waals surface area contributed by atoms with E-state index in [1.54, 1.807) is 0 Å². The molecule has 0 aromatic carbocycles. The molecule has 1 N–H and O–H groups in total. The number of aromatic nitrogens is 2. The quantitative estimate of drug-likeness (QED) is 0.903. The van der Waals surface area contributed by atoms with Gasteiger partial charge in [0, 0.05) is 5.92 Å². The first-order valence-corrected chi connectivity index (χ1v) is 8.93. The molecule has 23 heavy (non-hydrogen) atoms. The van der Waals surface area contributed by atoms with E-state index in [2.05, 4.69) is 20.4 Å². The Bertz CT molecular complexity index is 528. The van der Waals surface area contributed by atoms with E-state index in [-0.39, 0.29) is 5.91 Å². The SMILES string of the molecule is CC(C)(C(=O)NCc1nc(C2CCCCC2)no1)N1CCCC1. The van der Waals surface area contributed by atoms with Crippen LogP contribution in [0.1, 0.15) is 76.4 Å². The van der Waals surface area contributed by atoms with Crippen LogP contribution in [0.15, 0.2) is 4.52 Å². The van der Waals surface area contributed by atoms with Crippen molar-refractivity contribution in [2.75, 3.05) is 13.1 Å². The Morgan fingerprint density at radius 1 is 1.22 bits per heavy atom. The fourth-order valence-corrected chi connectivity index (χ4v) is 3.66. The smallest absolute Gasteiger partial charge is 0.246 e. The number of hydrogen-bond donors (Lipinski definition) is 1. The maximum atomic E-state index is 12.5. The Hall–Kier alpha value is -1.43. The molecule has 6 nitrogen and oxygen atoms in total. The first-order chi connectivity index (χ1) is 11.1. The van der Waals surface area contributed by atoms with Crippen LogP contribution in [-0.2, 0) is 11.3 Å². The average molecular weight is 320 g/mol. The number of likely N-dealkylation sites (tertiary alicyclic amines) is 1. The van der Waals surface area contributed by atoms with Gasteiger partial charge in [-0.3, -0.25) is 9.69 Å². The summed E-state index contributed by atoms with van der Waals surface area (Å²) in [5.41, 5.74) is -0.483. The Balaban J connectivity index is 1.53. The summed E-state index contributed by atoms with van der Waals surface area (Å²) >= 11 is 0. The van der Waals surface area contributed by atoms with E-state index in [0.717, 1.165) is 31.8 Å². The zero-order chi connectivity index (χ0) is 16.3. The first kappa shape index (κ1) is 16.4. The van der Waals surface area contributed by atoms with Crippen molar-refractivity contribution in [2.24, 2.45) is 0 Å². The Morgan fingerprint density at radius 3 is 2.61 bits per heavy atom. The van der Waals surface area contributed by atoms with E-state index in [1.807, 2.05) is 13.8 Å². The normalized spacial score (nSPS) is 20.8. The Morgan fingerprint density at radius 2 is 1.91 bits per heavy atom. The molecule has 1 aromatic rings. The third-order valence-corrected chi connectivity index (χ3v) is 5.31. The van der Waals surface area contributed by atoms with Crippen molar-refractivity contribution in [2.45, 2.75) is 76.8 Å². The minimum Gasteiger partial charge on any atom is -0.345 e. The van der Waals surface area contributed by atoms with Gasteiger partial charge in [0.25, 0.3) is 0 Å². The lowest BCUT2D eigenvalue weighted by Crippen LogP contribution is -2.53. The van der Waals surface area contributed by atoms with Crippen LogP contribution in [0.3, 0.4) is 0 Å². The minimum atomic E-state index is -0.483. The van der Waals surface area contributed by atoms with Crippen LogP contribution in [-0.4, -0.2) is 39.6 Å². The minimum absolute atomic E-state index is 0.0248. The van der Waals surface area contributed by atoms with Crippen LogP contribution >= 0.6 is 0 Å². The third-order valence-electron chi connectivity index (χ3n) is 5.31. The van der Waals surface area contributed by atoms with Gasteiger partial charge in [-0.05, 0) is 52.6 Å². The molecular formula is C17H28N4O2. The highest BCUT2D eigenvalue weighted by Gasteiger charge is 2.36. The number of nitrogens with zero attached hydrogens (tertiary/aromatic N) is 3. The van der Waals surface area contributed by atoms with Gasteiger partial charge in [0.2, 0.25) is 11.8 Å². The molecule has 6 heteroatoms. The van der Waals surface area contributed by atoms with E-state index in [4.69, 9.17) is 4.52 Å². The topological polar surface area (TPSA) is 71.3 Å². The third kappa shape index (κ3) is 3.74. The lowest BCUT2D eigenvalue weighted by Gasteiger charge is -2.33. The molecule has 0 radical (unpaired) electrons. The summed E-state index contributed by atoms with van der Waals surface area (Å²) in [6.07, 6.45) is 8.43. The molecule has 0 atom stereocenters. The lowest BCUT2D eigenvalue weighted by molar-refractivity contribution is -0.131. The van der Waals surface area contributed by atoms with Crippen molar-refractivity contribution in [3.63, 3.8) is 0 Å². The zero-order valence-corrected chi connectivity index (χ0v) is 14.3. The molecule has 1 amide bonds. The van der Waals surface area contributed by atoms with Gasteiger partial charge < -0.3 is 9.84 Å². The molecule has 3 rings (SSSR count). The van der Waals surface area contributed by atoms with Crippen LogP contribution in [0.4, 0.5) is 0 Å². The molecule has 0 spiro atoms. The van der Waals surface area contributed by atoms with Crippen LogP contribution < -0.4 is 5.32 Å². The van der Waals surface area contributed by atoms with Crippen molar-refractivity contribution in [3.05, 3.63) is 11.7 Å². The molecule has 2 heterocycles. The molecule has 128 valence electrons. The van der Waals surface area contributed by atoms with Gasteiger partial charge in [-0.15, -0.1) is 0 Å². The van der Waals surface area contributed by atoms with Crippen LogP contribution in [0.5, 0.6) is 0 Å². The molecule has 0 unspecified atom stereocenters. The fourth-order valence-electron chi connectivity index (χ4n) is 3.66. The summed E-state index contributed by atoms with van der Waals surface area (Å²) < 4.78 is 5.32. The van der Waals surface area contributed by atoms with E-state index >= 15 is 0 Å². The molecule has 1 saturated heterocycles. The maximum absolute atomic E-state index is 12.5. The van der Waals surface area contributed by atoms with Crippen molar-refractivity contribution >= 4 is 5.91 Å². The number of hydrogen-bond acceptors (Lipinski definition) is 5. The molecule has 2 fully saturated rings. The highest BCUT2D eigenvalue weighted by molar-refractivity contribution is 5.85. The van der Waals surface area contributed by atoms with Crippen LogP contribution in [0.2, 0.25) is 0 Å². The van der Waals surface area contributed by atoms with Crippen molar-refractivity contribution in [1.29, 1.82) is 0 Å². The van der Waals surface area contributed by atoms with E-state index in [9.17, 15) is 4.79 Å². The second kappa shape index (κ2) is 6.99. The number of carbonyl (C=O) groups excluding carboxylic acids is 1. The zero-order valence-electron chi connectivity index (χ0n) is 14.3. The van der Waals surface area contributed by atoms with Crippen LogP contribution in [0.25, 0.3) is 0 Å². The number of nitrogens with one attached hydrogen (secondary N) is 1. The highest BCUT2D eigenvalue weighted by atomic mass is 16.5. The molecule has 1 aromatic heterocycles. The number of rotatable bonds is 5. The van der Waals surface area contributed by atoms with Gasteiger partial charge >= 0.3 is 0 Å². The summed E-state index contributed by atoms with van der Waals surface area (Å²) in [5, 5.41) is 7.07. The maximum Gasteiger partial charge on any atom is 0.246 e. The summed E-state index contributed by atoms with van der Waals surface area (Å²) in [6.45, 7) is 6.26. The van der Waals surface area contributed by atoms with E-state index in [1.165, 1.54) is 32.1 Å². The molecule has 0 bridgehead atoms. The Kier molecular flexibility index (Phi) is 4.99. The first-order valence-electron chi connectivity index (χ1n) is 8.93.